The Bertz CT molecular complexity index is 327. The molecule has 0 aliphatic carbocycles. The van der Waals surface area contributed by atoms with Crippen LogP contribution >= 0.6 is 0 Å². The average molecular weight is 222 g/mol. The Balaban J connectivity index is 2.49. The first-order valence-electron chi connectivity index (χ1n) is 5.26. The summed E-state index contributed by atoms with van der Waals surface area (Å²) < 4.78 is 5.03. The largest absolute Gasteiger partial charge is 0.380 e. The van der Waals surface area contributed by atoms with Crippen molar-refractivity contribution in [3.8, 4) is 0 Å². The molecule has 0 aliphatic rings. The Labute approximate surface area is 95.8 Å². The monoisotopic (exact) mass is 222 g/mol. The standard InChI is InChI=1S/C12H18N2O2/c1-9(16-2)8-14-12(15)11(13)10-6-4-3-5-7-10/h3-7,9,11H,8,13H2,1-2H3,(H,14,15). The van der Waals surface area contributed by atoms with Gasteiger partial charge in [-0.3, -0.25) is 4.79 Å². The lowest BCUT2D eigenvalue weighted by Gasteiger charge is -2.15. The lowest BCUT2D eigenvalue weighted by molar-refractivity contribution is -0.123. The zero-order valence-electron chi connectivity index (χ0n) is 9.64. The first-order chi connectivity index (χ1) is 7.65. The summed E-state index contributed by atoms with van der Waals surface area (Å²) in [4.78, 5) is 11.7. The Morgan fingerprint density at radius 3 is 2.62 bits per heavy atom. The van der Waals surface area contributed by atoms with Crippen molar-refractivity contribution >= 4 is 5.91 Å². The summed E-state index contributed by atoms with van der Waals surface area (Å²) in [6.45, 7) is 2.35. The predicted octanol–water partition coefficient (Wildman–Crippen LogP) is 0.838. The van der Waals surface area contributed by atoms with E-state index in [1.54, 1.807) is 7.11 Å². The van der Waals surface area contributed by atoms with Gasteiger partial charge in [0.05, 0.1) is 6.10 Å². The molecule has 16 heavy (non-hydrogen) atoms. The Hall–Kier alpha value is -1.39. The number of carbonyl (C=O) groups is 1. The molecule has 0 aliphatic heterocycles. The summed E-state index contributed by atoms with van der Waals surface area (Å²) in [6.07, 6.45) is -0.00748. The molecule has 1 amide bonds. The minimum absolute atomic E-state index is 0.00748. The molecular formula is C12H18N2O2. The van der Waals surface area contributed by atoms with Gasteiger partial charge in [0.15, 0.2) is 0 Å². The van der Waals surface area contributed by atoms with Gasteiger partial charge >= 0.3 is 0 Å². The van der Waals surface area contributed by atoms with E-state index in [1.165, 1.54) is 0 Å². The Morgan fingerprint density at radius 1 is 1.44 bits per heavy atom. The molecule has 0 saturated heterocycles. The van der Waals surface area contributed by atoms with E-state index in [4.69, 9.17) is 10.5 Å². The zero-order chi connectivity index (χ0) is 12.0. The molecule has 0 saturated carbocycles. The normalized spacial score (nSPS) is 14.2. The van der Waals surface area contributed by atoms with Gasteiger partial charge < -0.3 is 15.8 Å². The predicted molar refractivity (Wildman–Crippen MR) is 62.9 cm³/mol. The number of nitrogens with two attached hydrogens (primary N) is 1. The summed E-state index contributed by atoms with van der Waals surface area (Å²) in [7, 11) is 1.61. The molecule has 1 rings (SSSR count). The minimum atomic E-state index is -0.620. The van der Waals surface area contributed by atoms with Crippen molar-refractivity contribution in [3.05, 3.63) is 35.9 Å². The smallest absolute Gasteiger partial charge is 0.241 e. The highest BCUT2D eigenvalue weighted by atomic mass is 16.5. The van der Waals surface area contributed by atoms with Crippen molar-refractivity contribution in [1.29, 1.82) is 0 Å². The van der Waals surface area contributed by atoms with Gasteiger partial charge in [-0.15, -0.1) is 0 Å². The first-order valence-corrected chi connectivity index (χ1v) is 5.26. The van der Waals surface area contributed by atoms with Gasteiger partial charge in [0.1, 0.15) is 6.04 Å². The second kappa shape index (κ2) is 6.25. The second-order valence-electron chi connectivity index (χ2n) is 3.68. The fourth-order valence-electron chi connectivity index (χ4n) is 1.25. The number of ether oxygens (including phenoxy) is 1. The molecule has 1 aromatic carbocycles. The molecule has 0 bridgehead atoms. The summed E-state index contributed by atoms with van der Waals surface area (Å²) in [5.74, 6) is -0.185. The number of amides is 1. The molecule has 0 fully saturated rings. The van der Waals surface area contributed by atoms with Crippen molar-refractivity contribution in [2.75, 3.05) is 13.7 Å². The molecular weight excluding hydrogens is 204 g/mol. The summed E-state index contributed by atoms with van der Waals surface area (Å²) in [5, 5.41) is 2.74. The Morgan fingerprint density at radius 2 is 2.06 bits per heavy atom. The SMILES string of the molecule is COC(C)CNC(=O)C(N)c1ccccc1. The van der Waals surface area contributed by atoms with Gasteiger partial charge in [-0.05, 0) is 12.5 Å². The van der Waals surface area contributed by atoms with E-state index in [-0.39, 0.29) is 12.0 Å². The van der Waals surface area contributed by atoms with E-state index in [2.05, 4.69) is 5.32 Å². The van der Waals surface area contributed by atoms with E-state index in [1.807, 2.05) is 37.3 Å². The van der Waals surface area contributed by atoms with Crippen LogP contribution in [0.1, 0.15) is 18.5 Å². The highest BCUT2D eigenvalue weighted by Crippen LogP contribution is 2.08. The van der Waals surface area contributed by atoms with Crippen LogP contribution in [0.5, 0.6) is 0 Å². The minimum Gasteiger partial charge on any atom is -0.380 e. The van der Waals surface area contributed by atoms with E-state index >= 15 is 0 Å². The highest BCUT2D eigenvalue weighted by Gasteiger charge is 2.15. The maximum Gasteiger partial charge on any atom is 0.241 e. The molecule has 1 aromatic rings. The van der Waals surface area contributed by atoms with Crippen molar-refractivity contribution < 1.29 is 9.53 Å². The molecule has 4 nitrogen and oxygen atoms in total. The lowest BCUT2D eigenvalue weighted by atomic mass is 10.1. The van der Waals surface area contributed by atoms with Crippen molar-refractivity contribution in [1.82, 2.24) is 5.32 Å². The molecule has 0 aromatic heterocycles. The van der Waals surface area contributed by atoms with Crippen LogP contribution < -0.4 is 11.1 Å². The molecule has 0 heterocycles. The van der Waals surface area contributed by atoms with Crippen molar-refractivity contribution in [2.24, 2.45) is 5.73 Å². The molecule has 0 spiro atoms. The number of nitrogens with one attached hydrogen (secondary N) is 1. The van der Waals surface area contributed by atoms with Crippen molar-refractivity contribution in [2.45, 2.75) is 19.1 Å². The fraction of sp³-hybridized carbons (Fsp3) is 0.417. The summed E-state index contributed by atoms with van der Waals surface area (Å²) >= 11 is 0. The van der Waals surface area contributed by atoms with Gasteiger partial charge in [-0.25, -0.2) is 0 Å². The summed E-state index contributed by atoms with van der Waals surface area (Å²) in [6, 6.07) is 8.67. The third-order valence-corrected chi connectivity index (χ3v) is 2.41. The van der Waals surface area contributed by atoms with Gasteiger partial charge in [-0.2, -0.15) is 0 Å². The maximum atomic E-state index is 11.7. The van der Waals surface area contributed by atoms with E-state index in [0.717, 1.165) is 5.56 Å². The molecule has 2 unspecified atom stereocenters. The highest BCUT2D eigenvalue weighted by molar-refractivity contribution is 5.82. The third kappa shape index (κ3) is 3.64. The number of rotatable bonds is 5. The van der Waals surface area contributed by atoms with Crippen LogP contribution in [0, 0.1) is 0 Å². The second-order valence-corrected chi connectivity index (χ2v) is 3.68. The van der Waals surface area contributed by atoms with Crippen LogP contribution in [0.4, 0.5) is 0 Å². The van der Waals surface area contributed by atoms with Crippen LogP contribution in [-0.4, -0.2) is 25.7 Å². The van der Waals surface area contributed by atoms with Crippen molar-refractivity contribution in [3.63, 3.8) is 0 Å². The van der Waals surface area contributed by atoms with Crippen LogP contribution in [-0.2, 0) is 9.53 Å². The molecule has 2 atom stereocenters. The van der Waals surface area contributed by atoms with Gasteiger partial charge in [0.25, 0.3) is 0 Å². The van der Waals surface area contributed by atoms with Crippen LogP contribution in [0.25, 0.3) is 0 Å². The average Bonchev–Trinajstić information content (AvgIpc) is 2.35. The van der Waals surface area contributed by atoms with E-state index in [9.17, 15) is 4.79 Å². The van der Waals surface area contributed by atoms with Gasteiger partial charge in [-0.1, -0.05) is 30.3 Å². The first kappa shape index (κ1) is 12.7. The number of benzene rings is 1. The van der Waals surface area contributed by atoms with Crippen LogP contribution in [0.3, 0.4) is 0 Å². The van der Waals surface area contributed by atoms with Crippen LogP contribution in [0.2, 0.25) is 0 Å². The molecule has 0 radical (unpaired) electrons. The third-order valence-electron chi connectivity index (χ3n) is 2.41. The van der Waals surface area contributed by atoms with Gasteiger partial charge in [0.2, 0.25) is 5.91 Å². The number of hydrogen-bond acceptors (Lipinski definition) is 3. The topological polar surface area (TPSA) is 64.3 Å². The number of carbonyl (C=O) groups excluding carboxylic acids is 1. The summed E-state index contributed by atoms with van der Waals surface area (Å²) in [5.41, 5.74) is 6.62. The quantitative estimate of drug-likeness (QED) is 0.776. The zero-order valence-corrected chi connectivity index (χ0v) is 9.64. The molecule has 3 N–H and O–H groups in total. The maximum absolute atomic E-state index is 11.7. The van der Waals surface area contributed by atoms with Crippen LogP contribution in [0.15, 0.2) is 30.3 Å². The molecule has 88 valence electrons. The fourth-order valence-corrected chi connectivity index (χ4v) is 1.25. The number of methoxy groups -OCH3 is 1. The lowest BCUT2D eigenvalue weighted by Crippen LogP contribution is -2.38. The van der Waals surface area contributed by atoms with Gasteiger partial charge in [0, 0.05) is 13.7 Å². The number of hydrogen-bond donors (Lipinski definition) is 2. The molecule has 4 heteroatoms. The Kier molecular flexibility index (Phi) is 4.95. The van der Waals surface area contributed by atoms with E-state index in [0.29, 0.717) is 6.54 Å². The van der Waals surface area contributed by atoms with E-state index < -0.39 is 6.04 Å².